The van der Waals surface area contributed by atoms with Crippen molar-refractivity contribution in [2.45, 2.75) is 12.7 Å². The molecule has 0 bridgehead atoms. The van der Waals surface area contributed by atoms with E-state index in [9.17, 15) is 13.6 Å². The van der Waals surface area contributed by atoms with Crippen LogP contribution in [-0.2, 0) is 21.6 Å². The van der Waals surface area contributed by atoms with E-state index in [0.717, 1.165) is 0 Å². The second-order valence-electron chi connectivity index (χ2n) is 2.44. The molecule has 1 atom stereocenters. The highest BCUT2D eigenvalue weighted by Gasteiger charge is 2.14. The van der Waals surface area contributed by atoms with Crippen molar-refractivity contribution in [2.75, 3.05) is 6.61 Å². The van der Waals surface area contributed by atoms with Crippen LogP contribution in [0.3, 0.4) is 0 Å². The van der Waals surface area contributed by atoms with E-state index >= 15 is 0 Å². The van der Waals surface area contributed by atoms with Crippen molar-refractivity contribution in [1.29, 1.82) is 0 Å². The number of aromatic amines is 1. The van der Waals surface area contributed by atoms with Gasteiger partial charge in [0.15, 0.2) is 0 Å². The Kier molecular flexibility index (Phi) is 3.78. The van der Waals surface area contributed by atoms with Crippen molar-refractivity contribution in [2.24, 2.45) is 0 Å². The maximum Gasteiger partial charge on any atom is 0.356 e. The second kappa shape index (κ2) is 4.87. The zero-order valence-corrected chi connectivity index (χ0v) is 8.30. The molecule has 6 nitrogen and oxygen atoms in total. The number of rotatable bonds is 4. The van der Waals surface area contributed by atoms with Crippen LogP contribution in [0.2, 0.25) is 0 Å². The molecule has 1 aromatic rings. The molecule has 0 aliphatic carbocycles. The second-order valence-corrected chi connectivity index (χ2v) is 3.33. The minimum atomic E-state index is -2.24. The number of nitrogens with zero attached hydrogens (tertiary/aromatic N) is 1. The Hall–Kier alpha value is -1.21. The van der Waals surface area contributed by atoms with E-state index in [4.69, 9.17) is 4.74 Å². The van der Waals surface area contributed by atoms with Gasteiger partial charge in [0.05, 0.1) is 12.8 Å². The molecular formula is C7H9N2O4S-. The van der Waals surface area contributed by atoms with Gasteiger partial charge < -0.3 is 9.29 Å². The molecule has 1 heterocycles. The highest BCUT2D eigenvalue weighted by Crippen LogP contribution is 2.08. The maximum atomic E-state index is 11.2. The lowest BCUT2D eigenvalue weighted by Crippen LogP contribution is -2.08. The van der Waals surface area contributed by atoms with Gasteiger partial charge in [0.2, 0.25) is 0 Å². The van der Waals surface area contributed by atoms with Gasteiger partial charge in [0.25, 0.3) is 0 Å². The fourth-order valence-corrected chi connectivity index (χ4v) is 1.40. The number of hydrogen-bond acceptors (Lipinski definition) is 5. The minimum Gasteiger partial charge on any atom is -0.772 e. The zero-order chi connectivity index (χ0) is 10.6. The van der Waals surface area contributed by atoms with E-state index < -0.39 is 17.0 Å². The molecule has 0 aromatic carbocycles. The number of esters is 1. The fraction of sp³-hybridized carbons (Fsp3) is 0.429. The standard InChI is InChI=1S/C7H10N2O4S/c1-2-13-7(10)6-5(3-8-9-6)4-14(11)12/h3H,2,4H2,1H3,(H,8,9)(H,11,12)/p-1. The van der Waals surface area contributed by atoms with Crippen molar-refractivity contribution < 1.29 is 18.3 Å². The topological polar surface area (TPSA) is 95.1 Å². The first-order chi connectivity index (χ1) is 6.65. The van der Waals surface area contributed by atoms with Gasteiger partial charge in [-0.25, -0.2) is 4.79 Å². The SMILES string of the molecule is CCOC(=O)c1[nH]ncc1CS(=O)[O-]. The molecule has 78 valence electrons. The van der Waals surface area contributed by atoms with Crippen LogP contribution in [0.4, 0.5) is 0 Å². The van der Waals surface area contributed by atoms with Crippen LogP contribution < -0.4 is 0 Å². The van der Waals surface area contributed by atoms with E-state index in [0.29, 0.717) is 5.56 Å². The molecule has 0 saturated heterocycles. The van der Waals surface area contributed by atoms with Crippen molar-refractivity contribution in [3.8, 4) is 0 Å². The summed E-state index contributed by atoms with van der Waals surface area (Å²) in [6.07, 6.45) is 1.29. The summed E-state index contributed by atoms with van der Waals surface area (Å²) < 4.78 is 25.5. The first-order valence-electron chi connectivity index (χ1n) is 3.90. The molecule has 0 fully saturated rings. The van der Waals surface area contributed by atoms with Crippen LogP contribution in [0, 0.1) is 0 Å². The van der Waals surface area contributed by atoms with Gasteiger partial charge in [-0.15, -0.1) is 0 Å². The molecule has 1 aromatic heterocycles. The van der Waals surface area contributed by atoms with Gasteiger partial charge in [-0.05, 0) is 6.92 Å². The molecule has 1 unspecified atom stereocenters. The van der Waals surface area contributed by atoms with Gasteiger partial charge in [-0.3, -0.25) is 9.31 Å². The summed E-state index contributed by atoms with van der Waals surface area (Å²) in [4.78, 5) is 11.2. The Morgan fingerprint density at radius 2 is 2.50 bits per heavy atom. The maximum absolute atomic E-state index is 11.2. The summed E-state index contributed by atoms with van der Waals surface area (Å²) in [5, 5.41) is 5.98. The lowest BCUT2D eigenvalue weighted by molar-refractivity contribution is 0.0518. The van der Waals surface area contributed by atoms with E-state index in [-0.39, 0.29) is 18.1 Å². The first kappa shape index (κ1) is 10.9. The Morgan fingerprint density at radius 1 is 1.79 bits per heavy atom. The molecule has 0 aliphatic rings. The number of ether oxygens (including phenoxy) is 1. The normalized spacial score (nSPS) is 12.4. The fourth-order valence-electron chi connectivity index (χ4n) is 0.928. The minimum absolute atomic E-state index is 0.0936. The van der Waals surface area contributed by atoms with E-state index in [2.05, 4.69) is 10.2 Å². The van der Waals surface area contributed by atoms with Crippen LogP contribution in [0.25, 0.3) is 0 Å². The van der Waals surface area contributed by atoms with Crippen molar-refractivity contribution >= 4 is 17.0 Å². The predicted octanol–water partition coefficient (Wildman–Crippen LogP) is -0.0345. The lowest BCUT2D eigenvalue weighted by Gasteiger charge is -2.04. The Labute approximate surface area is 82.9 Å². The van der Waals surface area contributed by atoms with E-state index in [1.165, 1.54) is 6.20 Å². The molecule has 1 rings (SSSR count). The molecule has 0 spiro atoms. The van der Waals surface area contributed by atoms with Crippen molar-refractivity contribution in [3.05, 3.63) is 17.5 Å². The molecular weight excluding hydrogens is 208 g/mol. The molecule has 14 heavy (non-hydrogen) atoms. The van der Waals surface area contributed by atoms with Crippen LogP contribution in [0.5, 0.6) is 0 Å². The summed E-state index contributed by atoms with van der Waals surface area (Å²) in [6.45, 7) is 1.90. The van der Waals surface area contributed by atoms with Crippen molar-refractivity contribution in [1.82, 2.24) is 10.2 Å². The van der Waals surface area contributed by atoms with Crippen LogP contribution in [-0.4, -0.2) is 31.5 Å². The van der Waals surface area contributed by atoms with Gasteiger partial charge in [-0.1, -0.05) is 11.1 Å². The molecule has 0 amide bonds. The molecule has 1 N–H and O–H groups in total. The monoisotopic (exact) mass is 217 g/mol. The first-order valence-corrected chi connectivity index (χ1v) is 5.14. The largest absolute Gasteiger partial charge is 0.772 e. The highest BCUT2D eigenvalue weighted by atomic mass is 32.2. The summed E-state index contributed by atoms with van der Waals surface area (Å²) in [7, 11) is 0. The third-order valence-electron chi connectivity index (χ3n) is 1.47. The van der Waals surface area contributed by atoms with Crippen LogP contribution in [0.15, 0.2) is 6.20 Å². The van der Waals surface area contributed by atoms with Crippen molar-refractivity contribution in [3.63, 3.8) is 0 Å². The summed E-state index contributed by atoms with van der Waals surface area (Å²) in [5.41, 5.74) is 0.410. The average molecular weight is 217 g/mol. The quantitative estimate of drug-likeness (QED) is 0.564. The molecule has 0 radical (unpaired) electrons. The van der Waals surface area contributed by atoms with Gasteiger partial charge in [0, 0.05) is 11.3 Å². The summed E-state index contributed by atoms with van der Waals surface area (Å²) in [5.74, 6) is -0.838. The van der Waals surface area contributed by atoms with Crippen LogP contribution >= 0.6 is 0 Å². The van der Waals surface area contributed by atoms with Gasteiger partial charge >= 0.3 is 5.97 Å². The zero-order valence-electron chi connectivity index (χ0n) is 7.48. The number of nitrogens with one attached hydrogen (secondary N) is 1. The number of hydrogen-bond donors (Lipinski definition) is 1. The van der Waals surface area contributed by atoms with Gasteiger partial charge in [-0.2, -0.15) is 5.10 Å². The Morgan fingerprint density at radius 3 is 3.07 bits per heavy atom. The van der Waals surface area contributed by atoms with Crippen LogP contribution in [0.1, 0.15) is 23.0 Å². The number of aromatic nitrogens is 2. The van der Waals surface area contributed by atoms with Gasteiger partial charge in [0.1, 0.15) is 5.69 Å². The molecule has 0 saturated carbocycles. The molecule has 7 heteroatoms. The third kappa shape index (κ3) is 2.64. The third-order valence-corrected chi connectivity index (χ3v) is 2.02. The highest BCUT2D eigenvalue weighted by molar-refractivity contribution is 7.78. The summed E-state index contributed by atoms with van der Waals surface area (Å²) in [6, 6.07) is 0. The number of H-pyrrole nitrogens is 1. The lowest BCUT2D eigenvalue weighted by atomic mass is 10.3. The van der Waals surface area contributed by atoms with E-state index in [1.54, 1.807) is 6.92 Å². The Bertz CT molecular complexity index is 349. The van der Waals surface area contributed by atoms with E-state index in [1.807, 2.05) is 0 Å². The average Bonchev–Trinajstić information content (AvgIpc) is 2.51. The number of carbonyl (C=O) groups excluding carboxylic acids is 1. The number of carbonyl (C=O) groups is 1. The smallest absolute Gasteiger partial charge is 0.356 e. The predicted molar refractivity (Wildman–Crippen MR) is 47.2 cm³/mol. The molecule has 0 aliphatic heterocycles. The Balaban J connectivity index is 2.81. The summed E-state index contributed by atoms with van der Waals surface area (Å²) >= 11 is -2.24.